The first-order valence-corrected chi connectivity index (χ1v) is 12.0. The van der Waals surface area contributed by atoms with Gasteiger partial charge in [0.05, 0.1) is 22.9 Å². The monoisotopic (exact) mass is 493 g/mol. The number of nitriles is 1. The summed E-state index contributed by atoms with van der Waals surface area (Å²) in [5.41, 5.74) is 2.30. The van der Waals surface area contributed by atoms with Crippen molar-refractivity contribution in [3.8, 4) is 6.07 Å². The molecule has 1 fully saturated rings. The average molecular weight is 494 g/mol. The van der Waals surface area contributed by atoms with Crippen molar-refractivity contribution in [3.05, 3.63) is 116 Å². The number of aromatic nitrogens is 1. The number of nitro groups is 1. The first-order valence-electron chi connectivity index (χ1n) is 12.0. The summed E-state index contributed by atoms with van der Waals surface area (Å²) in [6.45, 7) is -0.472. The average Bonchev–Trinajstić information content (AvgIpc) is 3.31. The molecule has 1 aliphatic heterocycles. The van der Waals surface area contributed by atoms with Crippen LogP contribution in [0.5, 0.6) is 0 Å². The Labute approximate surface area is 212 Å². The van der Waals surface area contributed by atoms with E-state index in [1.54, 1.807) is 6.07 Å². The molecule has 0 bridgehead atoms. The number of allylic oxidation sites excluding steroid dienone is 1. The maximum absolute atomic E-state index is 13.6. The fraction of sp³-hybridized carbons (Fsp3) is 0.214. The van der Waals surface area contributed by atoms with E-state index in [1.807, 2.05) is 60.7 Å². The molecule has 2 atom stereocenters. The van der Waals surface area contributed by atoms with Gasteiger partial charge in [-0.1, -0.05) is 60.7 Å². The molecule has 0 saturated heterocycles. The van der Waals surface area contributed by atoms with Gasteiger partial charge in [0.1, 0.15) is 18.2 Å². The van der Waals surface area contributed by atoms with Crippen molar-refractivity contribution < 1.29 is 9.72 Å². The summed E-state index contributed by atoms with van der Waals surface area (Å²) < 4.78 is 0.921. The van der Waals surface area contributed by atoms with E-state index >= 15 is 0 Å². The molecule has 0 radical (unpaired) electrons. The third-order valence-electron chi connectivity index (χ3n) is 6.75. The topological polar surface area (TPSA) is 122 Å². The highest BCUT2D eigenvalue weighted by molar-refractivity contribution is 6.08. The molecule has 3 aromatic rings. The minimum absolute atomic E-state index is 0.0217. The molecule has 184 valence electrons. The minimum atomic E-state index is -0.758. The van der Waals surface area contributed by atoms with Gasteiger partial charge in [-0.05, 0) is 42.0 Å². The van der Waals surface area contributed by atoms with Crippen molar-refractivity contribution in [3.63, 3.8) is 0 Å². The molecule has 5 rings (SSSR count). The van der Waals surface area contributed by atoms with Crippen molar-refractivity contribution in [2.45, 2.75) is 31.8 Å². The van der Waals surface area contributed by atoms with E-state index in [0.717, 1.165) is 58.5 Å². The molecule has 9 heteroatoms. The fourth-order valence-electron chi connectivity index (χ4n) is 5.08. The van der Waals surface area contributed by atoms with Crippen molar-refractivity contribution in [2.75, 3.05) is 0 Å². The van der Waals surface area contributed by atoms with Gasteiger partial charge in [-0.3, -0.25) is 24.3 Å². The molecular formula is C28H23N5O4. The second-order valence-corrected chi connectivity index (χ2v) is 9.07. The number of hydrazone groups is 1. The maximum atomic E-state index is 13.6. The molecule has 9 nitrogen and oxygen atoms in total. The number of carbonyl (C=O) groups excluding carboxylic acids is 1. The molecule has 1 amide bonds. The van der Waals surface area contributed by atoms with Crippen LogP contribution in [0.1, 0.15) is 42.0 Å². The summed E-state index contributed by atoms with van der Waals surface area (Å²) in [5.74, 6) is -0.507. The van der Waals surface area contributed by atoms with Crippen LogP contribution in [-0.4, -0.2) is 26.1 Å². The molecular weight excluding hydrogens is 470 g/mol. The largest absolute Gasteiger partial charge is 0.298 e. The van der Waals surface area contributed by atoms with Gasteiger partial charge in [-0.2, -0.15) is 10.4 Å². The first kappa shape index (κ1) is 23.9. The zero-order chi connectivity index (χ0) is 25.9. The number of hydrogen-bond acceptors (Lipinski definition) is 6. The van der Waals surface area contributed by atoms with E-state index in [9.17, 15) is 25.0 Å². The molecule has 2 heterocycles. The van der Waals surface area contributed by atoms with Crippen LogP contribution >= 0.6 is 0 Å². The third kappa shape index (κ3) is 4.69. The Balaban J connectivity index is 1.55. The van der Waals surface area contributed by atoms with Gasteiger partial charge in [0.25, 0.3) is 17.2 Å². The van der Waals surface area contributed by atoms with Crippen LogP contribution in [0.4, 0.5) is 5.69 Å². The molecule has 37 heavy (non-hydrogen) atoms. The highest BCUT2D eigenvalue weighted by atomic mass is 16.6. The minimum Gasteiger partial charge on any atom is -0.298 e. The Kier molecular flexibility index (Phi) is 6.47. The summed E-state index contributed by atoms with van der Waals surface area (Å²) in [6.07, 6.45) is 5.73. The third-order valence-corrected chi connectivity index (χ3v) is 6.75. The lowest BCUT2D eigenvalue weighted by Gasteiger charge is -2.29. The van der Waals surface area contributed by atoms with Crippen molar-refractivity contribution in [1.29, 1.82) is 5.26 Å². The summed E-state index contributed by atoms with van der Waals surface area (Å²) in [6, 6.07) is 21.8. The maximum Gasteiger partial charge on any atom is 0.287 e. The number of nitrogens with zero attached hydrogens (tertiary/aromatic N) is 5. The molecule has 0 spiro atoms. The van der Waals surface area contributed by atoms with Crippen LogP contribution in [0, 0.1) is 27.4 Å². The first-order chi connectivity index (χ1) is 18.0. The molecule has 1 aliphatic carbocycles. The van der Waals surface area contributed by atoms with Crippen molar-refractivity contribution in [2.24, 2.45) is 11.0 Å². The second kappa shape index (κ2) is 10.0. The zero-order valence-corrected chi connectivity index (χ0v) is 19.9. The summed E-state index contributed by atoms with van der Waals surface area (Å²) >= 11 is 0. The number of amides is 1. The van der Waals surface area contributed by atoms with Crippen LogP contribution in [-0.2, 0) is 11.3 Å². The molecule has 2 aromatic carbocycles. The normalized spacial score (nSPS) is 19.7. The van der Waals surface area contributed by atoms with E-state index < -0.39 is 34.2 Å². The standard InChI is InChI=1S/C28H23N5O4/c29-16-22-15-23(33(36)37)17-31(28(22)35)18-25(34)32-27(20-10-5-2-6-11-20)24-13-7-12-21(26(24)30-32)14-19-8-3-1-4-9-19/h1-6,8-11,14-15,17,24,27H,7,12-13,18H2/b21-14+. The SMILES string of the molecule is N#Cc1cc([N+](=O)[O-])cn(CC(=O)N2N=C3/C(=C/c4ccccc4)CCCC3C2c2ccccc2)c1=O. The van der Waals surface area contributed by atoms with Gasteiger partial charge in [-0.25, -0.2) is 5.01 Å². The molecule has 1 saturated carbocycles. The number of hydrogen-bond donors (Lipinski definition) is 0. The van der Waals surface area contributed by atoms with Gasteiger partial charge < -0.3 is 0 Å². The Morgan fingerprint density at radius 1 is 1.16 bits per heavy atom. The van der Waals surface area contributed by atoms with Crippen molar-refractivity contribution >= 4 is 23.4 Å². The van der Waals surface area contributed by atoms with E-state index in [2.05, 4.69) is 6.08 Å². The predicted octanol–water partition coefficient (Wildman–Crippen LogP) is 4.45. The van der Waals surface area contributed by atoms with Crippen LogP contribution in [0.2, 0.25) is 0 Å². The number of rotatable bonds is 5. The van der Waals surface area contributed by atoms with Crippen LogP contribution in [0.3, 0.4) is 0 Å². The predicted molar refractivity (Wildman–Crippen MR) is 137 cm³/mol. The Bertz CT molecular complexity index is 1520. The molecule has 2 unspecified atom stereocenters. The number of pyridine rings is 1. The van der Waals surface area contributed by atoms with Gasteiger partial charge in [0.2, 0.25) is 0 Å². The number of fused-ring (bicyclic) bond motifs is 1. The van der Waals surface area contributed by atoms with E-state index in [-0.39, 0.29) is 12.0 Å². The molecule has 0 N–H and O–H groups in total. The molecule has 2 aliphatic rings. The van der Waals surface area contributed by atoms with Gasteiger partial charge in [0.15, 0.2) is 0 Å². The lowest BCUT2D eigenvalue weighted by Crippen LogP contribution is -2.36. The lowest BCUT2D eigenvalue weighted by molar-refractivity contribution is -0.385. The van der Waals surface area contributed by atoms with E-state index in [0.29, 0.717) is 0 Å². The quantitative estimate of drug-likeness (QED) is 0.384. The van der Waals surface area contributed by atoms with E-state index in [4.69, 9.17) is 5.10 Å². The second-order valence-electron chi connectivity index (χ2n) is 9.07. The summed E-state index contributed by atoms with van der Waals surface area (Å²) in [5, 5.41) is 26.8. The van der Waals surface area contributed by atoms with E-state index in [1.165, 1.54) is 5.01 Å². The van der Waals surface area contributed by atoms with Gasteiger partial charge in [0, 0.05) is 12.0 Å². The summed E-state index contributed by atoms with van der Waals surface area (Å²) in [4.78, 5) is 36.9. The highest BCUT2D eigenvalue weighted by Crippen LogP contribution is 2.44. The molecule has 1 aromatic heterocycles. The summed E-state index contributed by atoms with van der Waals surface area (Å²) in [7, 11) is 0. The fourth-order valence-corrected chi connectivity index (χ4v) is 5.08. The Morgan fingerprint density at radius 3 is 2.54 bits per heavy atom. The highest BCUT2D eigenvalue weighted by Gasteiger charge is 2.43. The zero-order valence-electron chi connectivity index (χ0n) is 19.9. The van der Waals surface area contributed by atoms with Gasteiger partial charge in [-0.15, -0.1) is 0 Å². The smallest absolute Gasteiger partial charge is 0.287 e. The van der Waals surface area contributed by atoms with Gasteiger partial charge >= 0.3 is 0 Å². The Morgan fingerprint density at radius 2 is 1.86 bits per heavy atom. The lowest BCUT2D eigenvalue weighted by atomic mass is 9.77. The van der Waals surface area contributed by atoms with Crippen molar-refractivity contribution in [1.82, 2.24) is 9.58 Å². The number of benzene rings is 2. The Hall–Kier alpha value is -4.84. The number of carbonyl (C=O) groups is 1. The van der Waals surface area contributed by atoms with Crippen LogP contribution in [0.25, 0.3) is 6.08 Å². The van der Waals surface area contributed by atoms with Crippen LogP contribution < -0.4 is 5.56 Å². The van der Waals surface area contributed by atoms with Crippen LogP contribution in [0.15, 0.2) is 88.4 Å².